The summed E-state index contributed by atoms with van der Waals surface area (Å²) in [4.78, 5) is 0. The lowest BCUT2D eigenvalue weighted by Crippen LogP contribution is -2.03. The lowest BCUT2D eigenvalue weighted by atomic mass is 10.1. The SMILES string of the molecule is CCCCCCCCCCCC(=S)OCCCCCCCCC. The summed E-state index contributed by atoms with van der Waals surface area (Å²) in [5.41, 5.74) is 0. The van der Waals surface area contributed by atoms with Crippen molar-refractivity contribution in [3.63, 3.8) is 0 Å². The molecule has 0 aliphatic rings. The predicted octanol–water partition coefficient (Wildman–Crippen LogP) is 8.00. The fraction of sp³-hybridized carbons (Fsp3) is 0.952. The third-order valence-corrected chi connectivity index (χ3v) is 4.82. The highest BCUT2D eigenvalue weighted by atomic mass is 32.1. The van der Waals surface area contributed by atoms with Crippen LogP contribution in [0, 0.1) is 0 Å². The van der Waals surface area contributed by atoms with Gasteiger partial charge in [-0.25, -0.2) is 0 Å². The summed E-state index contributed by atoms with van der Waals surface area (Å²) < 4.78 is 5.67. The van der Waals surface area contributed by atoms with Gasteiger partial charge in [-0.15, -0.1) is 0 Å². The fourth-order valence-corrected chi connectivity index (χ4v) is 3.13. The van der Waals surface area contributed by atoms with Gasteiger partial charge in [-0.3, -0.25) is 0 Å². The smallest absolute Gasteiger partial charge is 0.159 e. The molecule has 1 nitrogen and oxygen atoms in total. The molecule has 0 N–H and O–H groups in total. The highest BCUT2D eigenvalue weighted by Crippen LogP contribution is 2.11. The second kappa shape index (κ2) is 19.9. The molecule has 0 amide bonds. The van der Waals surface area contributed by atoms with Gasteiger partial charge in [0.05, 0.1) is 6.61 Å². The number of rotatable bonds is 18. The molecular formula is C21H42OS. The molecule has 138 valence electrons. The van der Waals surface area contributed by atoms with E-state index < -0.39 is 0 Å². The number of ether oxygens (including phenoxy) is 1. The molecule has 0 heterocycles. The molecule has 0 rings (SSSR count). The van der Waals surface area contributed by atoms with Crippen molar-refractivity contribution in [1.82, 2.24) is 0 Å². The zero-order valence-electron chi connectivity index (χ0n) is 16.0. The van der Waals surface area contributed by atoms with Crippen molar-refractivity contribution in [3.8, 4) is 0 Å². The minimum absolute atomic E-state index is 0.837. The second-order valence-electron chi connectivity index (χ2n) is 6.92. The van der Waals surface area contributed by atoms with Gasteiger partial charge in [0.2, 0.25) is 0 Å². The number of thiocarbonyl (C=S) groups is 1. The monoisotopic (exact) mass is 342 g/mol. The van der Waals surface area contributed by atoms with Crippen LogP contribution in [0.15, 0.2) is 0 Å². The Bertz CT molecular complexity index is 240. The van der Waals surface area contributed by atoms with E-state index in [1.807, 2.05) is 0 Å². The van der Waals surface area contributed by atoms with Crippen LogP contribution in [0.3, 0.4) is 0 Å². The first-order valence-electron chi connectivity index (χ1n) is 10.5. The summed E-state index contributed by atoms with van der Waals surface area (Å²) in [6.07, 6.45) is 22.6. The topological polar surface area (TPSA) is 9.23 Å². The summed E-state index contributed by atoms with van der Waals surface area (Å²) in [5, 5.41) is 0.846. The molecule has 0 fully saturated rings. The molecule has 0 radical (unpaired) electrons. The van der Waals surface area contributed by atoms with E-state index in [1.165, 1.54) is 103 Å². The van der Waals surface area contributed by atoms with Crippen molar-refractivity contribution in [2.24, 2.45) is 0 Å². The summed E-state index contributed by atoms with van der Waals surface area (Å²) in [5.74, 6) is 0. The summed E-state index contributed by atoms with van der Waals surface area (Å²) in [6.45, 7) is 5.38. The Morgan fingerprint density at radius 3 is 1.43 bits per heavy atom. The molecule has 2 heteroatoms. The Morgan fingerprint density at radius 1 is 0.565 bits per heavy atom. The summed E-state index contributed by atoms with van der Waals surface area (Å²) >= 11 is 5.32. The van der Waals surface area contributed by atoms with E-state index in [0.29, 0.717) is 0 Å². The lowest BCUT2D eigenvalue weighted by molar-refractivity contribution is 0.290. The molecule has 0 spiro atoms. The Balaban J connectivity index is 3.13. The van der Waals surface area contributed by atoms with Crippen molar-refractivity contribution in [2.75, 3.05) is 6.61 Å². The quantitative estimate of drug-likeness (QED) is 0.184. The maximum absolute atomic E-state index is 5.67. The zero-order valence-corrected chi connectivity index (χ0v) is 16.9. The first kappa shape index (κ1) is 22.9. The number of unbranched alkanes of at least 4 members (excludes halogenated alkanes) is 14. The van der Waals surface area contributed by atoms with Gasteiger partial charge in [-0.05, 0) is 25.1 Å². The first-order chi connectivity index (χ1) is 11.3. The fourth-order valence-electron chi connectivity index (χ4n) is 2.90. The minimum atomic E-state index is 0.837. The molecule has 0 aromatic rings. The molecule has 0 saturated carbocycles. The maximum atomic E-state index is 5.67. The van der Waals surface area contributed by atoms with Crippen molar-refractivity contribution >= 4 is 17.3 Å². The molecule has 0 saturated heterocycles. The third-order valence-electron chi connectivity index (χ3n) is 4.50. The molecule has 0 aromatic heterocycles. The molecule has 0 aliphatic heterocycles. The minimum Gasteiger partial charge on any atom is -0.487 e. The Labute approximate surface area is 152 Å². The van der Waals surface area contributed by atoms with Crippen molar-refractivity contribution in [2.45, 2.75) is 123 Å². The van der Waals surface area contributed by atoms with E-state index >= 15 is 0 Å². The van der Waals surface area contributed by atoms with Crippen LogP contribution in [0.2, 0.25) is 0 Å². The first-order valence-corrected chi connectivity index (χ1v) is 10.9. The van der Waals surface area contributed by atoms with Crippen LogP contribution in [0.5, 0.6) is 0 Å². The molecule has 23 heavy (non-hydrogen) atoms. The van der Waals surface area contributed by atoms with Gasteiger partial charge in [0, 0.05) is 6.42 Å². The second-order valence-corrected chi connectivity index (χ2v) is 7.38. The highest BCUT2D eigenvalue weighted by Gasteiger charge is 1.99. The maximum Gasteiger partial charge on any atom is 0.159 e. The van der Waals surface area contributed by atoms with Crippen molar-refractivity contribution in [3.05, 3.63) is 0 Å². The average Bonchev–Trinajstić information content (AvgIpc) is 2.56. The molecule has 0 atom stereocenters. The van der Waals surface area contributed by atoms with Gasteiger partial charge in [0.1, 0.15) is 0 Å². The van der Waals surface area contributed by atoms with Crippen LogP contribution < -0.4 is 0 Å². The molecule has 0 unspecified atom stereocenters. The van der Waals surface area contributed by atoms with Crippen LogP contribution in [0.4, 0.5) is 0 Å². The van der Waals surface area contributed by atoms with Gasteiger partial charge in [0.15, 0.2) is 5.05 Å². The third kappa shape index (κ3) is 19.8. The van der Waals surface area contributed by atoms with E-state index in [0.717, 1.165) is 18.1 Å². The van der Waals surface area contributed by atoms with Crippen LogP contribution >= 0.6 is 12.2 Å². The van der Waals surface area contributed by atoms with E-state index in [9.17, 15) is 0 Å². The van der Waals surface area contributed by atoms with Gasteiger partial charge >= 0.3 is 0 Å². The number of hydrogen-bond donors (Lipinski definition) is 0. The largest absolute Gasteiger partial charge is 0.487 e. The molecule has 0 aliphatic carbocycles. The van der Waals surface area contributed by atoms with E-state index in [2.05, 4.69) is 13.8 Å². The Morgan fingerprint density at radius 2 is 0.957 bits per heavy atom. The average molecular weight is 343 g/mol. The van der Waals surface area contributed by atoms with E-state index in [4.69, 9.17) is 17.0 Å². The molecule has 0 bridgehead atoms. The number of hydrogen-bond acceptors (Lipinski definition) is 2. The predicted molar refractivity (Wildman–Crippen MR) is 108 cm³/mol. The van der Waals surface area contributed by atoms with E-state index in [1.54, 1.807) is 0 Å². The standard InChI is InChI=1S/C21H42OS/c1-3-5-7-9-11-12-13-15-17-19-21(23)22-20-18-16-14-10-8-6-4-2/h3-20H2,1-2H3. The van der Waals surface area contributed by atoms with Crippen LogP contribution in [-0.4, -0.2) is 11.7 Å². The Hall–Kier alpha value is -0.110. The normalized spacial score (nSPS) is 10.9. The Kier molecular flexibility index (Phi) is 19.8. The van der Waals surface area contributed by atoms with E-state index in [-0.39, 0.29) is 0 Å². The molecule has 0 aromatic carbocycles. The summed E-state index contributed by atoms with van der Waals surface area (Å²) in [7, 11) is 0. The van der Waals surface area contributed by atoms with Gasteiger partial charge in [-0.2, -0.15) is 0 Å². The zero-order chi connectivity index (χ0) is 17.0. The van der Waals surface area contributed by atoms with Gasteiger partial charge in [-0.1, -0.05) is 104 Å². The lowest BCUT2D eigenvalue weighted by Gasteiger charge is -2.07. The van der Waals surface area contributed by atoms with Crippen molar-refractivity contribution in [1.29, 1.82) is 0 Å². The van der Waals surface area contributed by atoms with Gasteiger partial charge < -0.3 is 4.74 Å². The van der Waals surface area contributed by atoms with Crippen LogP contribution in [-0.2, 0) is 4.74 Å². The van der Waals surface area contributed by atoms with Crippen LogP contribution in [0.25, 0.3) is 0 Å². The van der Waals surface area contributed by atoms with Gasteiger partial charge in [0.25, 0.3) is 0 Å². The molecular weight excluding hydrogens is 300 g/mol. The van der Waals surface area contributed by atoms with Crippen molar-refractivity contribution < 1.29 is 4.74 Å². The van der Waals surface area contributed by atoms with Crippen LogP contribution in [0.1, 0.15) is 123 Å². The highest BCUT2D eigenvalue weighted by molar-refractivity contribution is 7.80. The summed E-state index contributed by atoms with van der Waals surface area (Å²) in [6, 6.07) is 0.